The lowest BCUT2D eigenvalue weighted by Gasteiger charge is -2.44. The van der Waals surface area contributed by atoms with Crippen molar-refractivity contribution < 1.29 is 9.53 Å². The van der Waals surface area contributed by atoms with Crippen molar-refractivity contribution in [2.24, 2.45) is 5.10 Å². The van der Waals surface area contributed by atoms with E-state index >= 15 is 0 Å². The van der Waals surface area contributed by atoms with E-state index in [1.165, 1.54) is 0 Å². The van der Waals surface area contributed by atoms with Crippen LogP contribution in [0.1, 0.15) is 34.7 Å². The number of anilines is 1. The van der Waals surface area contributed by atoms with Crippen molar-refractivity contribution in [2.75, 3.05) is 4.90 Å². The number of hydrogen-bond donors (Lipinski definition) is 0. The summed E-state index contributed by atoms with van der Waals surface area (Å²) < 4.78 is 6.71. The molecule has 3 aliphatic rings. The van der Waals surface area contributed by atoms with Crippen LogP contribution >= 0.6 is 11.6 Å². The van der Waals surface area contributed by atoms with Crippen molar-refractivity contribution in [2.45, 2.75) is 24.7 Å². The summed E-state index contributed by atoms with van der Waals surface area (Å²) in [5, 5.41) is 7.64. The third-order valence-electron chi connectivity index (χ3n) is 7.22. The molecule has 0 aromatic heterocycles. The molecule has 176 valence electrons. The first-order chi connectivity index (χ1) is 17.6. The van der Waals surface area contributed by atoms with Gasteiger partial charge in [-0.05, 0) is 35.4 Å². The first-order valence-corrected chi connectivity index (χ1v) is 12.4. The summed E-state index contributed by atoms with van der Waals surface area (Å²) >= 11 is 6.14. The van der Waals surface area contributed by atoms with Crippen LogP contribution in [0.3, 0.4) is 0 Å². The minimum atomic E-state index is -1.38. The van der Waals surface area contributed by atoms with Gasteiger partial charge >= 0.3 is 5.72 Å². The van der Waals surface area contributed by atoms with Gasteiger partial charge < -0.3 is 9.64 Å². The maximum Gasteiger partial charge on any atom is 0.306 e. The molecule has 0 bridgehead atoms. The molecule has 1 spiro atoms. The highest BCUT2D eigenvalue weighted by molar-refractivity contribution is 6.30. The van der Waals surface area contributed by atoms with Gasteiger partial charge in [0.25, 0.3) is 5.91 Å². The molecule has 1 amide bonds. The van der Waals surface area contributed by atoms with Crippen LogP contribution in [0, 0.1) is 0 Å². The number of hydrazone groups is 1. The van der Waals surface area contributed by atoms with Gasteiger partial charge in [-0.3, -0.25) is 4.79 Å². The van der Waals surface area contributed by atoms with E-state index in [9.17, 15) is 4.79 Å². The monoisotopic (exact) mass is 491 g/mol. The molecule has 0 saturated carbocycles. The van der Waals surface area contributed by atoms with Crippen molar-refractivity contribution in [3.8, 4) is 5.75 Å². The largest absolute Gasteiger partial charge is 0.453 e. The summed E-state index contributed by atoms with van der Waals surface area (Å²) in [6.45, 7) is 0.454. The van der Waals surface area contributed by atoms with E-state index in [-0.39, 0.29) is 11.9 Å². The van der Waals surface area contributed by atoms with E-state index in [0.29, 0.717) is 18.0 Å². The van der Waals surface area contributed by atoms with Crippen LogP contribution < -0.4 is 9.64 Å². The third kappa shape index (κ3) is 3.02. The normalized spacial score (nSPS) is 21.6. The molecule has 6 heteroatoms. The number of carbonyl (C=O) groups excluding carboxylic acids is 1. The molecule has 0 N–H and O–H groups in total. The van der Waals surface area contributed by atoms with E-state index in [4.69, 9.17) is 21.4 Å². The second-order valence-corrected chi connectivity index (χ2v) is 9.73. The van der Waals surface area contributed by atoms with Crippen molar-refractivity contribution in [1.29, 1.82) is 0 Å². The summed E-state index contributed by atoms with van der Waals surface area (Å²) in [5.74, 6) is 0.587. The number of amides is 1. The Morgan fingerprint density at radius 1 is 0.889 bits per heavy atom. The smallest absolute Gasteiger partial charge is 0.306 e. The fourth-order valence-corrected chi connectivity index (χ4v) is 5.69. The zero-order chi connectivity index (χ0) is 24.3. The highest BCUT2D eigenvalue weighted by Crippen LogP contribution is 2.55. The average molecular weight is 492 g/mol. The predicted octanol–water partition coefficient (Wildman–Crippen LogP) is 6.28. The van der Waals surface area contributed by atoms with Gasteiger partial charge in [0, 0.05) is 17.0 Å². The highest BCUT2D eigenvalue weighted by Gasteiger charge is 2.63. The maximum atomic E-state index is 14.5. The van der Waals surface area contributed by atoms with Gasteiger partial charge in [0.2, 0.25) is 0 Å². The Kier molecular flexibility index (Phi) is 4.70. The Hall–Kier alpha value is -4.09. The molecule has 7 rings (SSSR count). The molecule has 3 heterocycles. The van der Waals surface area contributed by atoms with E-state index < -0.39 is 5.72 Å². The van der Waals surface area contributed by atoms with Crippen molar-refractivity contribution in [3.05, 3.63) is 130 Å². The van der Waals surface area contributed by atoms with Gasteiger partial charge in [-0.15, -0.1) is 0 Å². The van der Waals surface area contributed by atoms with E-state index in [2.05, 4.69) is 6.07 Å². The second-order valence-electron chi connectivity index (χ2n) is 9.30. The molecule has 0 fully saturated rings. The Balaban J connectivity index is 1.40. The lowest BCUT2D eigenvalue weighted by molar-refractivity contribution is -0.164. The van der Waals surface area contributed by atoms with Crippen molar-refractivity contribution in [3.63, 3.8) is 0 Å². The number of halogens is 1. The number of ether oxygens (including phenoxy) is 1. The first-order valence-electron chi connectivity index (χ1n) is 12.0. The molecule has 3 aliphatic heterocycles. The van der Waals surface area contributed by atoms with Gasteiger partial charge in [-0.2, -0.15) is 5.10 Å². The minimum absolute atomic E-state index is 0.130. The molecule has 5 nitrogen and oxygen atoms in total. The number of fused-ring (bicyclic) bond motifs is 6. The fraction of sp³-hybridized carbons (Fsp3) is 0.133. The van der Waals surface area contributed by atoms with Gasteiger partial charge in [0.05, 0.1) is 29.5 Å². The van der Waals surface area contributed by atoms with Crippen molar-refractivity contribution in [1.82, 2.24) is 5.01 Å². The Morgan fingerprint density at radius 2 is 1.61 bits per heavy atom. The number of hydrogen-bond acceptors (Lipinski definition) is 4. The van der Waals surface area contributed by atoms with Crippen LogP contribution in [0.2, 0.25) is 5.02 Å². The average Bonchev–Trinajstić information content (AvgIpc) is 3.46. The Labute approximate surface area is 214 Å². The molecule has 0 radical (unpaired) electrons. The quantitative estimate of drug-likeness (QED) is 0.338. The number of nitrogens with zero attached hydrogens (tertiary/aromatic N) is 3. The summed E-state index contributed by atoms with van der Waals surface area (Å²) in [5.41, 5.74) is 4.26. The van der Waals surface area contributed by atoms with Crippen molar-refractivity contribution >= 4 is 28.9 Å². The van der Waals surface area contributed by atoms with E-state index in [1.54, 1.807) is 0 Å². The number of carbonyl (C=O) groups is 1. The second kappa shape index (κ2) is 7.97. The molecule has 0 unspecified atom stereocenters. The summed E-state index contributed by atoms with van der Waals surface area (Å²) in [6, 6.07) is 33.5. The lowest BCUT2D eigenvalue weighted by Crippen LogP contribution is -2.57. The number of para-hydroxylation sites is 2. The molecule has 0 aliphatic carbocycles. The number of rotatable bonds is 3. The summed E-state index contributed by atoms with van der Waals surface area (Å²) in [6.07, 6.45) is 0.665. The standard InChI is InChI=1S/C30H22ClN3O2/c31-22-16-14-21(15-17-22)25-18-27-23-10-4-7-13-28(23)36-30(34(27)32-25)24-11-5-6-12-26(24)33(29(30)35)19-20-8-2-1-3-9-20/h1-17,27H,18-19H2/t27-,30+/m0/s1. The zero-order valence-electron chi connectivity index (χ0n) is 19.3. The molecular weight excluding hydrogens is 470 g/mol. The van der Waals surface area contributed by atoms with Crippen LogP contribution in [0.25, 0.3) is 0 Å². The SMILES string of the molecule is O=C1N(Cc2ccccc2)c2ccccc2[C@@]12Oc1ccccc1[C@@H]1CC(c3ccc(Cl)cc3)=NN12. The molecule has 36 heavy (non-hydrogen) atoms. The fourth-order valence-electron chi connectivity index (χ4n) is 5.56. The first kappa shape index (κ1) is 21.2. The molecule has 4 aromatic rings. The van der Waals surface area contributed by atoms with Crippen LogP contribution in [0.5, 0.6) is 5.75 Å². The van der Waals surface area contributed by atoms with Gasteiger partial charge in [-0.1, -0.05) is 90.5 Å². The van der Waals surface area contributed by atoms with Crippen LogP contribution in [0.4, 0.5) is 5.69 Å². The van der Waals surface area contributed by atoms with Gasteiger partial charge in [0.15, 0.2) is 0 Å². The van der Waals surface area contributed by atoms with Crippen LogP contribution in [0.15, 0.2) is 108 Å². The Bertz CT molecular complexity index is 1520. The lowest BCUT2D eigenvalue weighted by atomic mass is 9.92. The minimum Gasteiger partial charge on any atom is -0.453 e. The maximum absolute atomic E-state index is 14.5. The van der Waals surface area contributed by atoms with Crippen LogP contribution in [-0.2, 0) is 17.1 Å². The van der Waals surface area contributed by atoms with E-state index in [1.807, 2.05) is 107 Å². The van der Waals surface area contributed by atoms with Crippen LogP contribution in [-0.4, -0.2) is 16.6 Å². The summed E-state index contributed by atoms with van der Waals surface area (Å²) in [7, 11) is 0. The molecule has 4 aromatic carbocycles. The molecule has 0 saturated heterocycles. The van der Waals surface area contributed by atoms with Gasteiger partial charge in [-0.25, -0.2) is 5.01 Å². The Morgan fingerprint density at radius 3 is 2.44 bits per heavy atom. The van der Waals surface area contributed by atoms with E-state index in [0.717, 1.165) is 39.4 Å². The third-order valence-corrected chi connectivity index (χ3v) is 7.48. The predicted molar refractivity (Wildman–Crippen MR) is 140 cm³/mol. The topological polar surface area (TPSA) is 45.1 Å². The highest BCUT2D eigenvalue weighted by atomic mass is 35.5. The molecule has 2 atom stereocenters. The molecular formula is C30H22ClN3O2. The number of benzene rings is 4. The zero-order valence-corrected chi connectivity index (χ0v) is 20.1. The summed E-state index contributed by atoms with van der Waals surface area (Å²) in [4.78, 5) is 16.3. The van der Waals surface area contributed by atoms with Gasteiger partial charge in [0.1, 0.15) is 5.75 Å².